The summed E-state index contributed by atoms with van der Waals surface area (Å²) >= 11 is 0. The highest BCUT2D eigenvalue weighted by Crippen LogP contribution is 2.45. The Morgan fingerprint density at radius 2 is 1.24 bits per heavy atom. The average Bonchev–Trinajstić information content (AvgIpc) is 2.70. The summed E-state index contributed by atoms with van der Waals surface area (Å²) in [6, 6.07) is -1.07. The zero-order valence-electron chi connectivity index (χ0n) is 20.4. The van der Waals surface area contributed by atoms with Gasteiger partial charge in [0, 0.05) is 21.3 Å². The van der Waals surface area contributed by atoms with Crippen LogP contribution in [0.5, 0.6) is 0 Å². The van der Waals surface area contributed by atoms with Gasteiger partial charge >= 0.3 is 0 Å². The molecule has 4 unspecified atom stereocenters. The van der Waals surface area contributed by atoms with E-state index in [4.69, 9.17) is 4.52 Å². The molecule has 6 N–H and O–H groups in total. The molecule has 0 fully saturated rings. The SMILES string of the molecule is [CH2-]P(=O)(OC)OCC([NH3+])C(=O)[O-].[CH2-]P(=O)(OC)OCC[N+](C)(C)C.[CH2-]P(=O)(OC)OCC[NH3+]. The second-order valence-corrected chi connectivity index (χ2v) is 12.8. The number of hydrogen-bond donors (Lipinski definition) is 2. The number of quaternary nitrogens is 3. The smallest absolute Gasteiger partial charge is 0.184 e. The van der Waals surface area contributed by atoms with Crippen LogP contribution in [-0.2, 0) is 45.6 Å². The highest BCUT2D eigenvalue weighted by Gasteiger charge is 2.13. The number of likely N-dealkylation sites (N-methyl/N-ethyl adjacent to an activating group) is 1. The largest absolute Gasteiger partial charge is 0.544 e. The van der Waals surface area contributed by atoms with E-state index >= 15 is 0 Å². The van der Waals surface area contributed by atoms with Crippen LogP contribution in [0, 0.1) is 20.0 Å². The fraction of sp³-hybridized carbons (Fsp3) is 0.750. The molecule has 0 aromatic rings. The van der Waals surface area contributed by atoms with E-state index in [-0.39, 0.29) is 6.61 Å². The van der Waals surface area contributed by atoms with Crippen molar-refractivity contribution in [1.29, 1.82) is 0 Å². The van der Waals surface area contributed by atoms with Crippen LogP contribution in [0.25, 0.3) is 0 Å². The van der Waals surface area contributed by atoms with E-state index < -0.39 is 34.8 Å². The van der Waals surface area contributed by atoms with Gasteiger partial charge in [0.2, 0.25) is 0 Å². The Kier molecular flexibility index (Phi) is 20.5. The number of carboxylic acid groups (broad SMARTS) is 1. The van der Waals surface area contributed by atoms with Crippen LogP contribution in [-0.4, -0.2) is 91.9 Å². The second kappa shape index (κ2) is 18.1. The van der Waals surface area contributed by atoms with Crippen LogP contribution in [0.4, 0.5) is 0 Å². The number of nitrogens with zero attached hydrogens (tertiary/aromatic N) is 1. The van der Waals surface area contributed by atoms with Crippen LogP contribution in [0.1, 0.15) is 0 Å². The zero-order valence-corrected chi connectivity index (χ0v) is 23.1. The van der Waals surface area contributed by atoms with Crippen molar-refractivity contribution in [2.24, 2.45) is 0 Å². The molecule has 0 rings (SSSR count). The van der Waals surface area contributed by atoms with E-state index in [1.807, 2.05) is 21.1 Å². The normalized spacial score (nSPS) is 17.7. The molecule has 0 aliphatic carbocycles. The van der Waals surface area contributed by atoms with Crippen molar-refractivity contribution in [2.75, 3.05) is 75.4 Å². The number of rotatable bonds is 14. The standard InChI is InChI=1S/C7H18NO3P.C5H11NO5P.C4H11NO3P/c1-8(2,3)6-7-11-12(5,9)10-4;1-10-12(2,9)11-3-4(6)5(7)8;1-7-9(2,6)8-4-3-5/h5-7H2,1-4H3;4H,2-3,6H2,1H3,(H,7,8);2-5H2,1H3/q;2*-1/p+1. The quantitative estimate of drug-likeness (QED) is 0.158. The summed E-state index contributed by atoms with van der Waals surface area (Å²) in [6.07, 6.45) is 0. The van der Waals surface area contributed by atoms with Gasteiger partial charge in [0.15, 0.2) is 22.8 Å². The molecule has 0 aliphatic heterocycles. The minimum Gasteiger partial charge on any atom is -0.544 e. The highest BCUT2D eigenvalue weighted by atomic mass is 31.2. The number of carbonyl (C=O) groups is 1. The van der Waals surface area contributed by atoms with Gasteiger partial charge in [-0.2, -0.15) is 0 Å². The molecule has 202 valence electrons. The fourth-order valence-corrected chi connectivity index (χ4v) is 2.58. The predicted molar refractivity (Wildman–Crippen MR) is 120 cm³/mol. The van der Waals surface area contributed by atoms with Crippen molar-refractivity contribution in [3.63, 3.8) is 0 Å². The number of aliphatic carboxylic acids is 1. The summed E-state index contributed by atoms with van der Waals surface area (Å²) in [5.74, 6) is -1.37. The lowest BCUT2D eigenvalue weighted by atomic mass is 10.3. The molecule has 33 heavy (non-hydrogen) atoms. The molecule has 17 heteroatoms. The van der Waals surface area contributed by atoms with Crippen molar-refractivity contribution in [1.82, 2.24) is 0 Å². The maximum Gasteiger partial charge on any atom is 0.184 e. The highest BCUT2D eigenvalue weighted by molar-refractivity contribution is 7.55. The van der Waals surface area contributed by atoms with Crippen molar-refractivity contribution >= 4 is 28.8 Å². The van der Waals surface area contributed by atoms with Gasteiger partial charge in [-0.3, -0.25) is 13.7 Å². The van der Waals surface area contributed by atoms with Crippen LogP contribution in [0.15, 0.2) is 0 Å². The maximum atomic E-state index is 11.1. The first-order valence-corrected chi connectivity index (χ1v) is 14.5. The molecule has 0 aromatic carbocycles. The van der Waals surface area contributed by atoms with Gasteiger partial charge in [-0.05, 0) is 0 Å². The van der Waals surface area contributed by atoms with Gasteiger partial charge in [-0.1, -0.05) is 0 Å². The van der Waals surface area contributed by atoms with E-state index in [0.717, 1.165) is 18.1 Å². The molecule has 0 heterocycles. The molecular weight excluding hydrogens is 503 g/mol. The van der Waals surface area contributed by atoms with Gasteiger partial charge < -0.3 is 53.0 Å². The summed E-state index contributed by atoms with van der Waals surface area (Å²) in [6.45, 7) is 11.4. The topological polar surface area (TPSA) is 202 Å². The zero-order chi connectivity index (χ0) is 26.9. The summed E-state index contributed by atoms with van der Waals surface area (Å²) in [7, 11) is 0.541. The number of carboxylic acids is 1. The molecule has 0 saturated carbocycles. The average molecular weight is 544 g/mol. The maximum absolute atomic E-state index is 11.1. The second-order valence-electron chi connectivity index (χ2n) is 7.23. The summed E-state index contributed by atoms with van der Waals surface area (Å²) in [4.78, 5) is 10.1. The Balaban J connectivity index is -0.000000414. The molecular formula is C16H41N3O11P3-. The Bertz CT molecular complexity index is 674. The van der Waals surface area contributed by atoms with E-state index in [9.17, 15) is 23.6 Å². The Morgan fingerprint density at radius 1 is 0.879 bits per heavy atom. The Labute approximate surface area is 197 Å². The van der Waals surface area contributed by atoms with Crippen molar-refractivity contribution < 1.29 is 66.7 Å². The number of hydrogen-bond acceptors (Lipinski definition) is 11. The van der Waals surface area contributed by atoms with E-state index in [0.29, 0.717) is 19.8 Å². The molecule has 14 nitrogen and oxygen atoms in total. The minimum absolute atomic E-state index is 0.328. The van der Waals surface area contributed by atoms with Gasteiger partial charge in [0.05, 0.1) is 27.7 Å². The van der Waals surface area contributed by atoms with Crippen molar-refractivity contribution in [2.45, 2.75) is 6.04 Å². The first-order chi connectivity index (χ1) is 14.8. The molecule has 4 atom stereocenters. The number of carbonyl (C=O) groups excluding carboxylic acids is 1. The summed E-state index contributed by atoms with van der Waals surface area (Å²) in [5, 5.41) is 10.1. The molecule has 0 amide bonds. The first-order valence-electron chi connectivity index (χ1n) is 9.35. The van der Waals surface area contributed by atoms with E-state index in [2.05, 4.69) is 54.1 Å². The lowest BCUT2D eigenvalue weighted by Gasteiger charge is -2.25. The van der Waals surface area contributed by atoms with E-state index in [1.54, 1.807) is 0 Å². The molecule has 0 bridgehead atoms. The Morgan fingerprint density at radius 3 is 1.55 bits per heavy atom. The van der Waals surface area contributed by atoms with E-state index in [1.165, 1.54) is 14.2 Å². The Hall–Kier alpha value is -0.200. The minimum atomic E-state index is -3.35. The molecule has 0 saturated heterocycles. The van der Waals surface area contributed by atoms with Gasteiger partial charge in [-0.15, -0.1) is 0 Å². The third-order valence-corrected chi connectivity index (χ3v) is 6.49. The predicted octanol–water partition coefficient (Wildman–Crippen LogP) is -0.789. The van der Waals surface area contributed by atoms with Crippen LogP contribution >= 0.6 is 22.8 Å². The molecule has 0 spiro atoms. The van der Waals surface area contributed by atoms with Crippen molar-refractivity contribution in [3.8, 4) is 0 Å². The van der Waals surface area contributed by atoms with Crippen molar-refractivity contribution in [3.05, 3.63) is 20.0 Å². The van der Waals surface area contributed by atoms with Crippen LogP contribution in [0.2, 0.25) is 0 Å². The first kappa shape index (κ1) is 37.4. The molecule has 0 aromatic heterocycles. The van der Waals surface area contributed by atoms with Crippen LogP contribution < -0.4 is 16.6 Å². The van der Waals surface area contributed by atoms with Gasteiger partial charge in [0.1, 0.15) is 38.4 Å². The fourth-order valence-electron chi connectivity index (χ4n) is 1.09. The molecule has 0 radical (unpaired) electrons. The summed E-state index contributed by atoms with van der Waals surface area (Å²) < 4.78 is 61.1. The van der Waals surface area contributed by atoms with Crippen LogP contribution in [0.3, 0.4) is 0 Å². The third-order valence-electron chi connectivity index (χ3n) is 3.12. The van der Waals surface area contributed by atoms with Gasteiger partial charge in [-0.25, -0.2) is 20.0 Å². The van der Waals surface area contributed by atoms with Gasteiger partial charge in [0.25, 0.3) is 0 Å². The summed E-state index contributed by atoms with van der Waals surface area (Å²) in [5.41, 5.74) is 6.68. The third kappa shape index (κ3) is 27.9. The lowest BCUT2D eigenvalue weighted by Crippen LogP contribution is -2.70. The molecule has 0 aliphatic rings. The lowest BCUT2D eigenvalue weighted by molar-refractivity contribution is -0.870. The monoisotopic (exact) mass is 544 g/mol.